The molecule has 2 amide bonds. The van der Waals surface area contributed by atoms with Crippen molar-refractivity contribution in [2.24, 2.45) is 5.92 Å². The normalized spacial score (nSPS) is 20.1. The number of aliphatic hydroxyl groups excluding tert-OH is 1. The molecule has 1 fully saturated rings. The Labute approximate surface area is 164 Å². The fourth-order valence-corrected chi connectivity index (χ4v) is 3.20. The van der Waals surface area contributed by atoms with Gasteiger partial charge < -0.3 is 19.8 Å². The first-order valence-electron chi connectivity index (χ1n) is 9.66. The number of rotatable bonds is 4. The van der Waals surface area contributed by atoms with Crippen LogP contribution in [0.5, 0.6) is 0 Å². The number of hydrogen-bond acceptors (Lipinski definition) is 5. The number of hydrogen-bond donors (Lipinski definition) is 2. The summed E-state index contributed by atoms with van der Waals surface area (Å²) in [6, 6.07) is 9.09. The predicted octanol–water partition coefficient (Wildman–Crippen LogP) is 2.39. The molecule has 1 aromatic heterocycles. The van der Waals surface area contributed by atoms with Gasteiger partial charge in [0.15, 0.2) is 11.5 Å². The van der Waals surface area contributed by atoms with E-state index in [4.69, 9.17) is 4.52 Å². The van der Waals surface area contributed by atoms with E-state index in [-0.39, 0.29) is 29.5 Å². The van der Waals surface area contributed by atoms with E-state index >= 15 is 0 Å². The van der Waals surface area contributed by atoms with Crippen molar-refractivity contribution in [2.45, 2.75) is 45.8 Å². The third-order valence-electron chi connectivity index (χ3n) is 5.07. The Bertz CT molecular complexity index is 828. The topological polar surface area (TPSA) is 95.7 Å². The van der Waals surface area contributed by atoms with Gasteiger partial charge in [-0.2, -0.15) is 0 Å². The zero-order valence-electron chi connectivity index (χ0n) is 16.5. The number of aliphatic hydroxyl groups is 1. The maximum Gasteiger partial charge on any atom is 0.276 e. The molecule has 150 valence electrons. The minimum atomic E-state index is -0.680. The Morgan fingerprint density at radius 1 is 1.21 bits per heavy atom. The van der Waals surface area contributed by atoms with Crippen molar-refractivity contribution in [3.63, 3.8) is 0 Å². The molecule has 2 N–H and O–H groups in total. The van der Waals surface area contributed by atoms with E-state index in [0.29, 0.717) is 31.7 Å². The van der Waals surface area contributed by atoms with Gasteiger partial charge in [-0.25, -0.2) is 0 Å². The van der Waals surface area contributed by atoms with Crippen LogP contribution in [0.25, 0.3) is 11.3 Å². The molecular formula is C21H27N3O4. The van der Waals surface area contributed by atoms with Gasteiger partial charge in [-0.15, -0.1) is 0 Å². The molecule has 0 radical (unpaired) electrons. The van der Waals surface area contributed by atoms with Gasteiger partial charge in [-0.3, -0.25) is 9.59 Å². The molecule has 0 unspecified atom stereocenters. The summed E-state index contributed by atoms with van der Waals surface area (Å²) in [5.74, 6) is 0.0667. The second-order valence-corrected chi connectivity index (χ2v) is 7.65. The van der Waals surface area contributed by atoms with Crippen molar-refractivity contribution in [1.82, 2.24) is 15.4 Å². The standard InChI is InChI=1S/C21H27N3O4/c1-13(2)20(26)22-16-8-10-24(11-9-18(16)25)21(27)17-12-19(28-23-17)15-6-4-14(3)5-7-15/h4-7,12-13,16,18,25H,8-11H2,1-3H3,(H,22,26)/t16-,18-/m0/s1. The second kappa shape index (κ2) is 8.56. The number of benzene rings is 1. The van der Waals surface area contributed by atoms with E-state index in [9.17, 15) is 14.7 Å². The molecular weight excluding hydrogens is 358 g/mol. The van der Waals surface area contributed by atoms with Crippen LogP contribution in [0.4, 0.5) is 0 Å². The van der Waals surface area contributed by atoms with Crippen LogP contribution in [0.2, 0.25) is 0 Å². The Kier molecular flexibility index (Phi) is 6.14. The number of carbonyl (C=O) groups excluding carboxylic acids is 2. The fourth-order valence-electron chi connectivity index (χ4n) is 3.20. The Hall–Kier alpha value is -2.67. The number of carbonyl (C=O) groups is 2. The Morgan fingerprint density at radius 2 is 1.89 bits per heavy atom. The Morgan fingerprint density at radius 3 is 2.57 bits per heavy atom. The molecule has 2 heterocycles. The summed E-state index contributed by atoms with van der Waals surface area (Å²) in [6.45, 7) is 6.46. The monoisotopic (exact) mass is 385 g/mol. The van der Waals surface area contributed by atoms with Crippen molar-refractivity contribution >= 4 is 11.8 Å². The summed E-state index contributed by atoms with van der Waals surface area (Å²) in [5.41, 5.74) is 2.25. The van der Waals surface area contributed by atoms with Crippen LogP contribution in [-0.2, 0) is 4.79 Å². The molecule has 28 heavy (non-hydrogen) atoms. The number of nitrogens with one attached hydrogen (secondary N) is 1. The van der Waals surface area contributed by atoms with Crippen LogP contribution in [0, 0.1) is 12.8 Å². The quantitative estimate of drug-likeness (QED) is 0.843. The zero-order chi connectivity index (χ0) is 20.3. The molecule has 3 rings (SSSR count). The van der Waals surface area contributed by atoms with E-state index in [1.807, 2.05) is 45.0 Å². The SMILES string of the molecule is Cc1ccc(-c2cc(C(=O)N3CC[C@H](NC(=O)C(C)C)[C@@H](O)CC3)no2)cc1. The second-order valence-electron chi connectivity index (χ2n) is 7.65. The van der Waals surface area contributed by atoms with E-state index in [1.54, 1.807) is 11.0 Å². The van der Waals surface area contributed by atoms with Crippen molar-refractivity contribution in [3.05, 3.63) is 41.6 Å². The van der Waals surface area contributed by atoms with Crippen LogP contribution in [0.3, 0.4) is 0 Å². The number of aromatic nitrogens is 1. The first-order chi connectivity index (χ1) is 13.3. The lowest BCUT2D eigenvalue weighted by Crippen LogP contribution is -2.44. The molecule has 1 aromatic carbocycles. The molecule has 1 aliphatic heterocycles. The van der Waals surface area contributed by atoms with Crippen molar-refractivity contribution in [2.75, 3.05) is 13.1 Å². The van der Waals surface area contributed by atoms with Gasteiger partial charge in [0.1, 0.15) is 0 Å². The maximum atomic E-state index is 12.8. The lowest BCUT2D eigenvalue weighted by molar-refractivity contribution is -0.125. The highest BCUT2D eigenvalue weighted by molar-refractivity contribution is 5.93. The summed E-state index contributed by atoms with van der Waals surface area (Å²) < 4.78 is 5.35. The first kappa shape index (κ1) is 20.1. The van der Waals surface area contributed by atoms with Crippen LogP contribution in [0.15, 0.2) is 34.9 Å². The maximum absolute atomic E-state index is 12.8. The van der Waals surface area contributed by atoms with Crippen molar-refractivity contribution in [3.8, 4) is 11.3 Å². The number of amides is 2. The highest BCUT2D eigenvalue weighted by atomic mass is 16.5. The fraction of sp³-hybridized carbons (Fsp3) is 0.476. The third kappa shape index (κ3) is 4.59. The Balaban J connectivity index is 1.66. The minimum Gasteiger partial charge on any atom is -0.391 e. The summed E-state index contributed by atoms with van der Waals surface area (Å²) in [7, 11) is 0. The van der Waals surface area contributed by atoms with E-state index in [0.717, 1.165) is 11.1 Å². The third-order valence-corrected chi connectivity index (χ3v) is 5.07. The summed E-state index contributed by atoms with van der Waals surface area (Å²) in [6.07, 6.45) is 0.215. The average Bonchev–Trinajstić information content (AvgIpc) is 3.09. The van der Waals surface area contributed by atoms with Gasteiger partial charge >= 0.3 is 0 Å². The van der Waals surface area contributed by atoms with Gasteiger partial charge in [-0.1, -0.05) is 48.8 Å². The van der Waals surface area contributed by atoms with Crippen LogP contribution in [0.1, 0.15) is 42.7 Å². The summed E-state index contributed by atoms with van der Waals surface area (Å²) in [4.78, 5) is 26.4. The molecule has 0 bridgehead atoms. The molecule has 0 spiro atoms. The average molecular weight is 385 g/mol. The summed E-state index contributed by atoms with van der Waals surface area (Å²) >= 11 is 0. The highest BCUT2D eigenvalue weighted by Crippen LogP contribution is 2.22. The van der Waals surface area contributed by atoms with E-state index in [2.05, 4.69) is 10.5 Å². The number of nitrogens with zero attached hydrogens (tertiary/aromatic N) is 2. The van der Waals surface area contributed by atoms with Crippen LogP contribution in [-0.4, -0.2) is 52.2 Å². The van der Waals surface area contributed by atoms with Gasteiger partial charge in [0.25, 0.3) is 5.91 Å². The summed E-state index contributed by atoms with van der Waals surface area (Å²) in [5, 5.41) is 17.1. The molecule has 2 aromatic rings. The number of likely N-dealkylation sites (tertiary alicyclic amines) is 1. The molecule has 2 atom stereocenters. The van der Waals surface area contributed by atoms with Crippen LogP contribution < -0.4 is 5.32 Å². The van der Waals surface area contributed by atoms with Gasteiger partial charge in [-0.05, 0) is 19.8 Å². The van der Waals surface area contributed by atoms with E-state index in [1.165, 1.54) is 0 Å². The molecule has 1 saturated heterocycles. The smallest absolute Gasteiger partial charge is 0.276 e. The molecule has 7 nitrogen and oxygen atoms in total. The van der Waals surface area contributed by atoms with Gasteiger partial charge in [0.2, 0.25) is 5.91 Å². The van der Waals surface area contributed by atoms with E-state index < -0.39 is 6.10 Å². The van der Waals surface area contributed by atoms with Gasteiger partial charge in [0.05, 0.1) is 12.1 Å². The highest BCUT2D eigenvalue weighted by Gasteiger charge is 2.30. The molecule has 0 saturated carbocycles. The lowest BCUT2D eigenvalue weighted by atomic mass is 10.1. The largest absolute Gasteiger partial charge is 0.391 e. The lowest BCUT2D eigenvalue weighted by Gasteiger charge is -2.22. The first-order valence-corrected chi connectivity index (χ1v) is 9.66. The van der Waals surface area contributed by atoms with Crippen molar-refractivity contribution < 1.29 is 19.2 Å². The van der Waals surface area contributed by atoms with Gasteiger partial charge in [0, 0.05) is 30.6 Å². The molecule has 0 aliphatic carbocycles. The molecule has 7 heteroatoms. The van der Waals surface area contributed by atoms with Crippen LogP contribution >= 0.6 is 0 Å². The zero-order valence-corrected chi connectivity index (χ0v) is 16.5. The predicted molar refractivity (Wildman–Crippen MR) is 105 cm³/mol. The molecule has 1 aliphatic rings. The number of aryl methyl sites for hydroxylation is 1. The minimum absolute atomic E-state index is 0.0944. The van der Waals surface area contributed by atoms with Crippen molar-refractivity contribution in [1.29, 1.82) is 0 Å².